The van der Waals surface area contributed by atoms with Gasteiger partial charge < -0.3 is 0 Å². The van der Waals surface area contributed by atoms with Gasteiger partial charge in [0.2, 0.25) is 10.0 Å². The molecule has 0 aliphatic heterocycles. The van der Waals surface area contributed by atoms with E-state index in [4.69, 9.17) is 0 Å². The van der Waals surface area contributed by atoms with Crippen molar-refractivity contribution in [3.8, 4) is 0 Å². The fraction of sp³-hybridized carbons (Fsp3) is 0.417. The Hall–Kier alpha value is -1.50. The maximum absolute atomic E-state index is 13.3. The predicted molar refractivity (Wildman–Crippen MR) is 67.1 cm³/mol. The molecular weight excluding hydrogens is 276 g/mol. The standard InChI is InChI=1S/C12H15F2NO3S/c1-3-9(4-2)19(17,18)15-12(16)10-6-5-8(13)7-11(10)14/h5-7,9H,3-4H2,1-2H3,(H,15,16). The molecule has 0 heterocycles. The molecule has 0 aliphatic rings. The SMILES string of the molecule is CCC(CC)S(=O)(=O)NC(=O)c1ccc(F)cc1F. The van der Waals surface area contributed by atoms with E-state index in [1.54, 1.807) is 18.6 Å². The van der Waals surface area contributed by atoms with Gasteiger partial charge >= 0.3 is 0 Å². The van der Waals surface area contributed by atoms with Gasteiger partial charge in [0, 0.05) is 6.07 Å². The molecule has 0 bridgehead atoms. The van der Waals surface area contributed by atoms with E-state index in [1.165, 1.54) is 0 Å². The summed E-state index contributed by atoms with van der Waals surface area (Å²) in [6.45, 7) is 3.35. The van der Waals surface area contributed by atoms with Crippen molar-refractivity contribution in [1.82, 2.24) is 4.72 Å². The predicted octanol–water partition coefficient (Wildman–Crippen LogP) is 2.21. The van der Waals surface area contributed by atoms with Crippen LogP contribution in [0.5, 0.6) is 0 Å². The zero-order valence-corrected chi connectivity index (χ0v) is 11.4. The molecule has 19 heavy (non-hydrogen) atoms. The van der Waals surface area contributed by atoms with Crippen LogP contribution in [-0.4, -0.2) is 19.6 Å². The molecule has 1 rings (SSSR count). The molecule has 0 radical (unpaired) electrons. The summed E-state index contributed by atoms with van der Waals surface area (Å²) in [5.74, 6) is -3.03. The van der Waals surface area contributed by atoms with Gasteiger partial charge in [-0.15, -0.1) is 0 Å². The molecule has 0 saturated heterocycles. The minimum atomic E-state index is -3.86. The summed E-state index contributed by atoms with van der Waals surface area (Å²) in [5.41, 5.74) is -0.504. The number of amides is 1. The van der Waals surface area contributed by atoms with Crippen molar-refractivity contribution in [2.45, 2.75) is 31.9 Å². The van der Waals surface area contributed by atoms with Gasteiger partial charge in [0.1, 0.15) is 11.6 Å². The van der Waals surface area contributed by atoms with Crippen LogP contribution in [0.2, 0.25) is 0 Å². The van der Waals surface area contributed by atoms with Crippen molar-refractivity contribution < 1.29 is 22.0 Å². The van der Waals surface area contributed by atoms with Gasteiger partial charge in [0.15, 0.2) is 0 Å². The highest BCUT2D eigenvalue weighted by atomic mass is 32.2. The average molecular weight is 291 g/mol. The summed E-state index contributed by atoms with van der Waals surface area (Å²) in [6.07, 6.45) is 0.677. The second-order valence-electron chi connectivity index (χ2n) is 4.04. The van der Waals surface area contributed by atoms with E-state index >= 15 is 0 Å². The van der Waals surface area contributed by atoms with Gasteiger partial charge in [-0.3, -0.25) is 4.79 Å². The molecule has 0 unspecified atom stereocenters. The summed E-state index contributed by atoms with van der Waals surface area (Å²) in [5, 5.41) is -0.722. The number of hydrogen-bond acceptors (Lipinski definition) is 3. The summed E-state index contributed by atoms with van der Waals surface area (Å²) in [7, 11) is -3.86. The van der Waals surface area contributed by atoms with Crippen molar-refractivity contribution in [3.05, 3.63) is 35.4 Å². The molecule has 1 aromatic carbocycles. The lowest BCUT2D eigenvalue weighted by atomic mass is 10.2. The molecule has 1 N–H and O–H groups in total. The first-order valence-electron chi connectivity index (χ1n) is 5.82. The Morgan fingerprint density at radius 1 is 1.26 bits per heavy atom. The Morgan fingerprint density at radius 3 is 2.32 bits per heavy atom. The van der Waals surface area contributed by atoms with Crippen LogP contribution in [0.1, 0.15) is 37.0 Å². The van der Waals surface area contributed by atoms with E-state index in [2.05, 4.69) is 0 Å². The number of halogens is 2. The first-order chi connectivity index (χ1) is 8.81. The monoisotopic (exact) mass is 291 g/mol. The molecule has 1 amide bonds. The van der Waals surface area contributed by atoms with Crippen molar-refractivity contribution in [1.29, 1.82) is 0 Å². The van der Waals surface area contributed by atoms with E-state index in [-0.39, 0.29) is 0 Å². The number of nitrogens with one attached hydrogen (secondary N) is 1. The number of rotatable bonds is 5. The molecule has 0 spiro atoms. The van der Waals surface area contributed by atoms with Crippen molar-refractivity contribution in [2.24, 2.45) is 0 Å². The average Bonchev–Trinajstić information content (AvgIpc) is 2.28. The van der Waals surface area contributed by atoms with Crippen LogP contribution in [0.4, 0.5) is 8.78 Å². The molecule has 7 heteroatoms. The maximum atomic E-state index is 13.3. The zero-order chi connectivity index (χ0) is 14.6. The Labute approximate surface area is 110 Å². The normalized spacial score (nSPS) is 11.6. The van der Waals surface area contributed by atoms with Gasteiger partial charge in [-0.05, 0) is 25.0 Å². The number of benzene rings is 1. The first kappa shape index (κ1) is 15.6. The van der Waals surface area contributed by atoms with Crippen LogP contribution in [0.25, 0.3) is 0 Å². The highest BCUT2D eigenvalue weighted by molar-refractivity contribution is 7.90. The Bertz CT molecular complexity index is 568. The highest BCUT2D eigenvalue weighted by Gasteiger charge is 2.25. The van der Waals surface area contributed by atoms with Crippen LogP contribution in [0.15, 0.2) is 18.2 Å². The van der Waals surface area contributed by atoms with Gasteiger partial charge in [0.25, 0.3) is 5.91 Å². The smallest absolute Gasteiger partial charge is 0.267 e. The number of sulfonamides is 1. The third-order valence-corrected chi connectivity index (χ3v) is 4.77. The summed E-state index contributed by atoms with van der Waals surface area (Å²) >= 11 is 0. The molecule has 0 saturated carbocycles. The van der Waals surface area contributed by atoms with Crippen LogP contribution >= 0.6 is 0 Å². The number of hydrogen-bond donors (Lipinski definition) is 1. The van der Waals surface area contributed by atoms with Gasteiger partial charge in [-0.1, -0.05) is 13.8 Å². The first-order valence-corrected chi connectivity index (χ1v) is 7.37. The third-order valence-electron chi connectivity index (χ3n) is 2.76. The van der Waals surface area contributed by atoms with Crippen LogP contribution in [0, 0.1) is 11.6 Å². The molecule has 0 aliphatic carbocycles. The fourth-order valence-electron chi connectivity index (χ4n) is 1.67. The van der Waals surface area contributed by atoms with Gasteiger partial charge in [-0.2, -0.15) is 0 Å². The molecular formula is C12H15F2NO3S. The van der Waals surface area contributed by atoms with E-state index in [9.17, 15) is 22.0 Å². The summed E-state index contributed by atoms with van der Waals surface area (Å²) < 4.78 is 51.5. The molecule has 4 nitrogen and oxygen atoms in total. The summed E-state index contributed by atoms with van der Waals surface area (Å²) in [4.78, 5) is 11.7. The van der Waals surface area contributed by atoms with E-state index in [0.29, 0.717) is 18.9 Å². The Kier molecular flexibility index (Phi) is 4.99. The van der Waals surface area contributed by atoms with E-state index in [0.717, 1.165) is 12.1 Å². The minimum Gasteiger partial charge on any atom is -0.268 e. The molecule has 0 fully saturated rings. The number of carbonyl (C=O) groups is 1. The third kappa shape index (κ3) is 3.73. The lowest BCUT2D eigenvalue weighted by molar-refractivity contribution is 0.0977. The molecule has 0 aromatic heterocycles. The molecule has 1 aromatic rings. The number of carbonyl (C=O) groups excluding carboxylic acids is 1. The van der Waals surface area contributed by atoms with Crippen LogP contribution in [-0.2, 0) is 10.0 Å². The van der Waals surface area contributed by atoms with E-state index in [1.807, 2.05) is 0 Å². The highest BCUT2D eigenvalue weighted by Crippen LogP contribution is 2.12. The van der Waals surface area contributed by atoms with Crippen LogP contribution in [0.3, 0.4) is 0 Å². The second-order valence-corrected chi connectivity index (χ2v) is 6.00. The zero-order valence-electron chi connectivity index (χ0n) is 10.6. The van der Waals surface area contributed by atoms with Crippen molar-refractivity contribution in [2.75, 3.05) is 0 Å². The van der Waals surface area contributed by atoms with Gasteiger partial charge in [-0.25, -0.2) is 21.9 Å². The lowest BCUT2D eigenvalue weighted by Crippen LogP contribution is -2.38. The Morgan fingerprint density at radius 2 is 1.84 bits per heavy atom. The van der Waals surface area contributed by atoms with Crippen molar-refractivity contribution in [3.63, 3.8) is 0 Å². The maximum Gasteiger partial charge on any atom is 0.267 e. The minimum absolute atomic E-state index is 0.338. The lowest BCUT2D eigenvalue weighted by Gasteiger charge is -2.14. The second kappa shape index (κ2) is 6.10. The topological polar surface area (TPSA) is 63.2 Å². The van der Waals surface area contributed by atoms with Crippen molar-refractivity contribution >= 4 is 15.9 Å². The van der Waals surface area contributed by atoms with Crippen LogP contribution < -0.4 is 4.72 Å². The fourth-order valence-corrected chi connectivity index (χ4v) is 3.08. The largest absolute Gasteiger partial charge is 0.268 e. The Balaban J connectivity index is 2.97. The summed E-state index contributed by atoms with van der Waals surface area (Å²) in [6, 6.07) is 2.32. The molecule has 106 valence electrons. The molecule has 0 atom stereocenters. The van der Waals surface area contributed by atoms with Gasteiger partial charge in [0.05, 0.1) is 10.8 Å². The van der Waals surface area contributed by atoms with E-state index < -0.39 is 38.4 Å². The quantitative estimate of drug-likeness (QED) is 0.904.